The molecule has 1 atom stereocenters. The molecule has 4 rings (SSSR count). The van der Waals surface area contributed by atoms with Crippen molar-refractivity contribution in [1.82, 2.24) is 4.57 Å². The van der Waals surface area contributed by atoms with Crippen LogP contribution in [0.1, 0.15) is 34.0 Å². The van der Waals surface area contributed by atoms with Gasteiger partial charge in [0, 0.05) is 17.3 Å². The third-order valence-corrected chi connectivity index (χ3v) is 4.69. The highest BCUT2D eigenvalue weighted by molar-refractivity contribution is 5.46. The fourth-order valence-corrected chi connectivity index (χ4v) is 3.53. The van der Waals surface area contributed by atoms with E-state index in [1.165, 1.54) is 33.6 Å². The van der Waals surface area contributed by atoms with E-state index in [1.54, 1.807) is 0 Å². The van der Waals surface area contributed by atoms with Gasteiger partial charge in [-0.1, -0.05) is 35.9 Å². The number of fused-ring (bicyclic) bond motifs is 3. The lowest BCUT2D eigenvalue weighted by Gasteiger charge is -2.17. The Hall–Kier alpha value is -2.32. The van der Waals surface area contributed by atoms with Crippen LogP contribution >= 0.6 is 0 Å². The van der Waals surface area contributed by atoms with Crippen LogP contribution in [0.4, 0.5) is 0 Å². The molecule has 0 saturated heterocycles. The van der Waals surface area contributed by atoms with Gasteiger partial charge in [0.2, 0.25) is 0 Å². The van der Waals surface area contributed by atoms with Crippen molar-refractivity contribution >= 4 is 0 Å². The summed E-state index contributed by atoms with van der Waals surface area (Å²) < 4.78 is 2.35. The van der Waals surface area contributed by atoms with Gasteiger partial charge in [-0.2, -0.15) is 0 Å². The number of para-hydroxylation sites is 1. The van der Waals surface area contributed by atoms with Crippen molar-refractivity contribution < 1.29 is 5.32 Å². The summed E-state index contributed by atoms with van der Waals surface area (Å²) in [5.41, 5.74) is 8.19. The van der Waals surface area contributed by atoms with Crippen LogP contribution in [0.5, 0.6) is 0 Å². The number of nitrogens with two attached hydrogens (primary N) is 1. The summed E-state index contributed by atoms with van der Waals surface area (Å²) >= 11 is 0. The predicted octanol–water partition coefficient (Wildman–Crippen LogP) is 3.26. The number of benzene rings is 2. The number of rotatable bonds is 1. The van der Waals surface area contributed by atoms with E-state index in [9.17, 15) is 0 Å². The van der Waals surface area contributed by atoms with Crippen LogP contribution in [0, 0.1) is 13.8 Å². The van der Waals surface area contributed by atoms with Gasteiger partial charge in [0.25, 0.3) is 0 Å². The first-order chi connectivity index (χ1) is 10.7. The Balaban J connectivity index is 1.90. The highest BCUT2D eigenvalue weighted by Crippen LogP contribution is 2.28. The van der Waals surface area contributed by atoms with Crippen LogP contribution < -0.4 is 5.32 Å². The van der Waals surface area contributed by atoms with E-state index >= 15 is 0 Å². The zero-order chi connectivity index (χ0) is 15.1. The number of quaternary nitrogens is 1. The minimum absolute atomic E-state index is 0.349. The van der Waals surface area contributed by atoms with Crippen molar-refractivity contribution in [1.29, 1.82) is 0 Å². The molecule has 0 bridgehead atoms. The molecule has 0 fully saturated rings. The number of aromatic nitrogens is 1. The maximum absolute atomic E-state index is 2.46. The summed E-state index contributed by atoms with van der Waals surface area (Å²) in [5, 5.41) is 2.46. The molecule has 2 N–H and O–H groups in total. The average molecular weight is 289 g/mol. The van der Waals surface area contributed by atoms with Crippen molar-refractivity contribution in [2.75, 3.05) is 0 Å². The number of aryl methyl sites for hydroxylation is 2. The third kappa shape index (κ3) is 2.08. The monoisotopic (exact) mass is 289 g/mol. The highest BCUT2D eigenvalue weighted by Gasteiger charge is 2.27. The molecule has 0 amide bonds. The van der Waals surface area contributed by atoms with Gasteiger partial charge in [0.1, 0.15) is 6.54 Å². The van der Waals surface area contributed by atoms with Gasteiger partial charge in [0.15, 0.2) is 6.04 Å². The number of hydrogen-bond donors (Lipinski definition) is 1. The molecule has 3 aromatic rings. The Labute approximate surface area is 131 Å². The van der Waals surface area contributed by atoms with E-state index in [2.05, 4.69) is 84.5 Å². The molecule has 2 heterocycles. The number of hydrogen-bond acceptors (Lipinski definition) is 0. The molecule has 1 aromatic heterocycles. The molecule has 22 heavy (non-hydrogen) atoms. The van der Waals surface area contributed by atoms with E-state index in [0.717, 1.165) is 6.54 Å². The lowest BCUT2D eigenvalue weighted by molar-refractivity contribution is -0.702. The van der Waals surface area contributed by atoms with E-state index in [-0.39, 0.29) is 0 Å². The zero-order valence-electron chi connectivity index (χ0n) is 13.1. The van der Waals surface area contributed by atoms with Crippen molar-refractivity contribution in [3.05, 3.63) is 88.7 Å². The van der Waals surface area contributed by atoms with Gasteiger partial charge in [-0.25, -0.2) is 0 Å². The second-order valence-corrected chi connectivity index (χ2v) is 6.21. The minimum atomic E-state index is 0.349. The Morgan fingerprint density at radius 3 is 2.77 bits per heavy atom. The highest BCUT2D eigenvalue weighted by atomic mass is 15.1. The molecule has 2 heteroatoms. The topological polar surface area (TPSA) is 21.5 Å². The maximum Gasteiger partial charge on any atom is 0.153 e. The van der Waals surface area contributed by atoms with E-state index < -0.39 is 0 Å². The second-order valence-electron chi connectivity index (χ2n) is 6.21. The van der Waals surface area contributed by atoms with Crippen LogP contribution in [0.3, 0.4) is 0 Å². The summed E-state index contributed by atoms with van der Waals surface area (Å²) in [7, 11) is 0. The molecule has 1 aliphatic rings. The van der Waals surface area contributed by atoms with Crippen LogP contribution in [-0.2, 0) is 6.54 Å². The first-order valence-electron chi connectivity index (χ1n) is 7.90. The van der Waals surface area contributed by atoms with E-state index in [4.69, 9.17) is 0 Å². The largest absolute Gasteiger partial charge is 0.331 e. The first-order valence-corrected chi connectivity index (χ1v) is 7.90. The Bertz CT molecular complexity index is 829. The Kier molecular flexibility index (Phi) is 3.12. The molecular weight excluding hydrogens is 268 g/mol. The molecule has 2 nitrogen and oxygen atoms in total. The fourth-order valence-electron chi connectivity index (χ4n) is 3.53. The second kappa shape index (κ2) is 5.15. The molecule has 1 aliphatic heterocycles. The molecule has 0 unspecified atom stereocenters. The minimum Gasteiger partial charge on any atom is -0.331 e. The summed E-state index contributed by atoms with van der Waals surface area (Å²) in [4.78, 5) is 0. The fraction of sp³-hybridized carbons (Fsp3) is 0.200. The molecular formula is C20H21N2+. The predicted molar refractivity (Wildman–Crippen MR) is 89.2 cm³/mol. The van der Waals surface area contributed by atoms with Gasteiger partial charge in [0.05, 0.1) is 11.4 Å². The van der Waals surface area contributed by atoms with Crippen molar-refractivity contribution in [2.45, 2.75) is 26.4 Å². The van der Waals surface area contributed by atoms with Gasteiger partial charge < -0.3 is 9.88 Å². The number of nitrogens with zero attached hydrogens (tertiary/aromatic N) is 1. The SMILES string of the molecule is Cc1ccc(C)c([C@H]2[NH2+]Cc3ccccc3-n3cccc32)c1. The first kappa shape index (κ1) is 13.4. The van der Waals surface area contributed by atoms with Crippen molar-refractivity contribution in [2.24, 2.45) is 0 Å². The molecule has 2 aromatic carbocycles. The molecule has 0 radical (unpaired) electrons. The molecule has 0 saturated carbocycles. The van der Waals surface area contributed by atoms with Gasteiger partial charge in [-0.3, -0.25) is 0 Å². The zero-order valence-corrected chi connectivity index (χ0v) is 13.1. The van der Waals surface area contributed by atoms with E-state index in [0.29, 0.717) is 6.04 Å². The summed E-state index contributed by atoms with van der Waals surface area (Å²) in [6, 6.07) is 20.3. The van der Waals surface area contributed by atoms with Crippen LogP contribution in [0.15, 0.2) is 60.8 Å². The average Bonchev–Trinajstić information content (AvgIpc) is 2.95. The van der Waals surface area contributed by atoms with Crippen molar-refractivity contribution in [3.63, 3.8) is 0 Å². The summed E-state index contributed by atoms with van der Waals surface area (Å²) in [6.45, 7) is 5.40. The summed E-state index contributed by atoms with van der Waals surface area (Å²) in [5.74, 6) is 0. The molecule has 0 spiro atoms. The molecule has 110 valence electrons. The van der Waals surface area contributed by atoms with Crippen LogP contribution in [-0.4, -0.2) is 4.57 Å². The van der Waals surface area contributed by atoms with Crippen LogP contribution in [0.25, 0.3) is 5.69 Å². The standard InChI is InChI=1S/C20H20N2/c1-14-9-10-15(2)17(12-14)20-19-8-5-11-22(19)18-7-4-3-6-16(18)13-21-20/h3-12,20-21H,13H2,1-2H3/p+1/t20-/m1/s1. The quantitative estimate of drug-likeness (QED) is 0.710. The maximum atomic E-state index is 2.46. The smallest absolute Gasteiger partial charge is 0.153 e. The van der Waals surface area contributed by atoms with Gasteiger partial charge in [-0.15, -0.1) is 0 Å². The summed E-state index contributed by atoms with van der Waals surface area (Å²) in [6.07, 6.45) is 2.19. The third-order valence-electron chi connectivity index (χ3n) is 4.69. The molecule has 0 aliphatic carbocycles. The van der Waals surface area contributed by atoms with Crippen molar-refractivity contribution in [3.8, 4) is 5.69 Å². The van der Waals surface area contributed by atoms with E-state index in [1.807, 2.05) is 0 Å². The van der Waals surface area contributed by atoms with Gasteiger partial charge in [-0.05, 0) is 43.7 Å². The Morgan fingerprint density at radius 2 is 1.86 bits per heavy atom. The lowest BCUT2D eigenvalue weighted by atomic mass is 9.96. The Morgan fingerprint density at radius 1 is 1.00 bits per heavy atom. The van der Waals surface area contributed by atoms with Gasteiger partial charge >= 0.3 is 0 Å². The normalized spacial score (nSPS) is 16.7. The van der Waals surface area contributed by atoms with Crippen LogP contribution in [0.2, 0.25) is 0 Å². The lowest BCUT2D eigenvalue weighted by Crippen LogP contribution is -2.83.